The topological polar surface area (TPSA) is 49.8 Å². The summed E-state index contributed by atoms with van der Waals surface area (Å²) in [5, 5.41) is 6.66. The Morgan fingerprint density at radius 1 is 1.05 bits per heavy atom. The third-order valence-electron chi connectivity index (χ3n) is 2.73. The molecule has 0 unspecified atom stereocenters. The molecule has 0 saturated carbocycles. The number of hydrogen-bond acceptors (Lipinski definition) is 4. The Morgan fingerprint density at radius 3 is 2.50 bits per heavy atom. The van der Waals surface area contributed by atoms with Gasteiger partial charge >= 0.3 is 0 Å². The Labute approximate surface area is 120 Å². The number of nitrogens with one attached hydrogen (secondary N) is 2. The van der Waals surface area contributed by atoms with E-state index >= 15 is 0 Å². The molecule has 0 amide bonds. The molecular weight excluding hydrogens is 248 g/mol. The van der Waals surface area contributed by atoms with Gasteiger partial charge in [0.15, 0.2) is 0 Å². The summed E-state index contributed by atoms with van der Waals surface area (Å²) in [5.74, 6) is 1.66. The summed E-state index contributed by atoms with van der Waals surface area (Å²) >= 11 is 0. The van der Waals surface area contributed by atoms with Crippen molar-refractivity contribution in [2.24, 2.45) is 0 Å². The predicted octanol–water partition coefficient (Wildman–Crippen LogP) is 3.61. The Morgan fingerprint density at radius 2 is 1.80 bits per heavy atom. The predicted molar refractivity (Wildman–Crippen MR) is 83.9 cm³/mol. The van der Waals surface area contributed by atoms with Crippen LogP contribution in [-0.4, -0.2) is 15.5 Å². The molecule has 0 saturated heterocycles. The first-order chi connectivity index (χ1) is 9.42. The maximum atomic E-state index is 4.24. The first kappa shape index (κ1) is 14.3. The second-order valence-electron chi connectivity index (χ2n) is 6.01. The van der Waals surface area contributed by atoms with E-state index in [1.807, 2.05) is 6.07 Å². The monoisotopic (exact) mass is 270 g/mol. The summed E-state index contributed by atoms with van der Waals surface area (Å²) in [6.45, 7) is 9.17. The van der Waals surface area contributed by atoms with Gasteiger partial charge in [-0.25, -0.2) is 9.97 Å². The number of benzene rings is 1. The third kappa shape index (κ3) is 4.53. The van der Waals surface area contributed by atoms with Gasteiger partial charge in [-0.05, 0) is 33.3 Å². The van der Waals surface area contributed by atoms with Crippen molar-refractivity contribution in [3.05, 3.63) is 47.8 Å². The van der Waals surface area contributed by atoms with Crippen LogP contribution in [0, 0.1) is 6.92 Å². The average Bonchev–Trinajstić information content (AvgIpc) is 2.35. The van der Waals surface area contributed by atoms with Crippen LogP contribution in [0.4, 0.5) is 11.6 Å². The molecule has 0 spiro atoms. The molecule has 0 atom stereocenters. The fourth-order valence-corrected chi connectivity index (χ4v) is 1.92. The molecule has 0 radical (unpaired) electrons. The van der Waals surface area contributed by atoms with Crippen molar-refractivity contribution in [1.82, 2.24) is 9.97 Å². The summed E-state index contributed by atoms with van der Waals surface area (Å²) in [4.78, 5) is 8.48. The highest BCUT2D eigenvalue weighted by molar-refractivity contribution is 5.47. The molecule has 4 nitrogen and oxygen atoms in total. The fraction of sp³-hybridized carbons (Fsp3) is 0.375. The van der Waals surface area contributed by atoms with Crippen LogP contribution in [-0.2, 0) is 6.54 Å². The first-order valence-electron chi connectivity index (χ1n) is 6.82. The maximum Gasteiger partial charge on any atom is 0.131 e. The lowest BCUT2D eigenvalue weighted by Gasteiger charge is -2.21. The molecule has 2 aromatic rings. The van der Waals surface area contributed by atoms with E-state index in [0.717, 1.165) is 18.2 Å². The van der Waals surface area contributed by atoms with Crippen LogP contribution >= 0.6 is 0 Å². The smallest absolute Gasteiger partial charge is 0.131 e. The van der Waals surface area contributed by atoms with Gasteiger partial charge < -0.3 is 10.6 Å². The summed E-state index contributed by atoms with van der Waals surface area (Å²) in [7, 11) is 0. The van der Waals surface area contributed by atoms with E-state index in [2.05, 4.69) is 72.6 Å². The summed E-state index contributed by atoms with van der Waals surface area (Å²) < 4.78 is 0. The van der Waals surface area contributed by atoms with E-state index in [1.54, 1.807) is 6.33 Å². The SMILES string of the molecule is Cc1cccc(CNc2cc(NC(C)(C)C)ncn2)c1. The van der Waals surface area contributed by atoms with Crippen LogP contribution in [0.5, 0.6) is 0 Å². The minimum absolute atomic E-state index is 0.0117. The zero-order valence-electron chi connectivity index (χ0n) is 12.6. The van der Waals surface area contributed by atoms with Crippen molar-refractivity contribution in [3.63, 3.8) is 0 Å². The quantitative estimate of drug-likeness (QED) is 0.891. The fourth-order valence-electron chi connectivity index (χ4n) is 1.92. The molecule has 2 rings (SSSR count). The van der Waals surface area contributed by atoms with Gasteiger partial charge in [0.2, 0.25) is 0 Å². The van der Waals surface area contributed by atoms with Crippen molar-refractivity contribution < 1.29 is 0 Å². The highest BCUT2D eigenvalue weighted by Gasteiger charge is 2.10. The summed E-state index contributed by atoms with van der Waals surface area (Å²) in [5.41, 5.74) is 2.50. The van der Waals surface area contributed by atoms with Gasteiger partial charge in [-0.2, -0.15) is 0 Å². The van der Waals surface area contributed by atoms with Crippen molar-refractivity contribution in [2.45, 2.75) is 39.8 Å². The summed E-state index contributed by atoms with van der Waals surface area (Å²) in [6, 6.07) is 10.4. The van der Waals surface area contributed by atoms with Gasteiger partial charge in [0, 0.05) is 18.2 Å². The standard InChI is InChI=1S/C16H22N4/c1-12-6-5-7-13(8-12)10-17-14-9-15(19-11-18-14)20-16(2,3)4/h5-9,11H,10H2,1-4H3,(H2,17,18,19,20). The molecule has 106 valence electrons. The Kier molecular flexibility index (Phi) is 4.23. The van der Waals surface area contributed by atoms with Crippen LogP contribution < -0.4 is 10.6 Å². The van der Waals surface area contributed by atoms with Gasteiger partial charge in [-0.15, -0.1) is 0 Å². The number of anilines is 2. The zero-order chi connectivity index (χ0) is 14.6. The molecule has 0 bridgehead atoms. The van der Waals surface area contributed by atoms with Crippen LogP contribution in [0.15, 0.2) is 36.7 Å². The highest BCUT2D eigenvalue weighted by Crippen LogP contribution is 2.15. The minimum Gasteiger partial charge on any atom is -0.366 e. The number of nitrogens with zero attached hydrogens (tertiary/aromatic N) is 2. The number of aromatic nitrogens is 2. The number of hydrogen-bond donors (Lipinski definition) is 2. The molecule has 0 aliphatic heterocycles. The van der Waals surface area contributed by atoms with Crippen molar-refractivity contribution in [3.8, 4) is 0 Å². The van der Waals surface area contributed by atoms with Crippen molar-refractivity contribution in [1.29, 1.82) is 0 Å². The minimum atomic E-state index is -0.0117. The normalized spacial score (nSPS) is 11.2. The second-order valence-corrected chi connectivity index (χ2v) is 6.01. The lowest BCUT2D eigenvalue weighted by molar-refractivity contribution is 0.630. The van der Waals surface area contributed by atoms with Gasteiger partial charge in [0.1, 0.15) is 18.0 Å². The van der Waals surface area contributed by atoms with E-state index in [-0.39, 0.29) is 5.54 Å². The van der Waals surface area contributed by atoms with Crippen LogP contribution in [0.25, 0.3) is 0 Å². The van der Waals surface area contributed by atoms with Crippen LogP contribution in [0.2, 0.25) is 0 Å². The lowest BCUT2D eigenvalue weighted by atomic mass is 10.1. The van der Waals surface area contributed by atoms with Crippen molar-refractivity contribution >= 4 is 11.6 Å². The third-order valence-corrected chi connectivity index (χ3v) is 2.73. The molecule has 0 aliphatic carbocycles. The maximum absolute atomic E-state index is 4.24. The van der Waals surface area contributed by atoms with Gasteiger partial charge in [0.25, 0.3) is 0 Å². The van der Waals surface area contributed by atoms with Gasteiger partial charge in [0.05, 0.1) is 0 Å². The molecule has 1 aromatic carbocycles. The van der Waals surface area contributed by atoms with E-state index in [0.29, 0.717) is 0 Å². The van der Waals surface area contributed by atoms with Gasteiger partial charge in [-0.3, -0.25) is 0 Å². The number of aryl methyl sites for hydroxylation is 1. The molecule has 1 heterocycles. The van der Waals surface area contributed by atoms with E-state index in [9.17, 15) is 0 Å². The molecule has 0 aliphatic rings. The average molecular weight is 270 g/mol. The van der Waals surface area contributed by atoms with Crippen LogP contribution in [0.3, 0.4) is 0 Å². The largest absolute Gasteiger partial charge is 0.366 e. The lowest BCUT2D eigenvalue weighted by Crippen LogP contribution is -2.26. The van der Waals surface area contributed by atoms with Gasteiger partial charge in [-0.1, -0.05) is 29.8 Å². The summed E-state index contributed by atoms with van der Waals surface area (Å²) in [6.07, 6.45) is 1.58. The molecule has 20 heavy (non-hydrogen) atoms. The molecule has 0 fully saturated rings. The number of rotatable bonds is 4. The molecule has 4 heteroatoms. The highest BCUT2D eigenvalue weighted by atomic mass is 15.1. The Hall–Kier alpha value is -2.10. The Balaban J connectivity index is 2.01. The first-order valence-corrected chi connectivity index (χ1v) is 6.82. The van der Waals surface area contributed by atoms with E-state index in [4.69, 9.17) is 0 Å². The molecule has 1 aromatic heterocycles. The van der Waals surface area contributed by atoms with Crippen LogP contribution in [0.1, 0.15) is 31.9 Å². The van der Waals surface area contributed by atoms with Crippen molar-refractivity contribution in [2.75, 3.05) is 10.6 Å². The Bertz CT molecular complexity index is 573. The van der Waals surface area contributed by atoms with E-state index < -0.39 is 0 Å². The molecular formula is C16H22N4. The molecule has 2 N–H and O–H groups in total. The second kappa shape index (κ2) is 5.90. The van der Waals surface area contributed by atoms with E-state index in [1.165, 1.54) is 11.1 Å². The zero-order valence-corrected chi connectivity index (χ0v) is 12.6.